The molecule has 6 atom stereocenters. The van der Waals surface area contributed by atoms with E-state index in [1.165, 1.54) is 34.4 Å². The van der Waals surface area contributed by atoms with Gasteiger partial charge in [0.05, 0.1) is 24.9 Å². The van der Waals surface area contributed by atoms with Crippen LogP contribution in [0.3, 0.4) is 0 Å². The Hall–Kier alpha value is -5.35. The number of anilines is 2. The Morgan fingerprint density at radius 3 is 2.50 bits per heavy atom. The minimum absolute atomic E-state index is 0.0564. The molecular weight excluding hydrogens is 729 g/mol. The van der Waals surface area contributed by atoms with E-state index in [1.54, 1.807) is 4.90 Å². The third-order valence-corrected chi connectivity index (χ3v) is 14.5. The van der Waals surface area contributed by atoms with Crippen molar-refractivity contribution in [3.63, 3.8) is 0 Å². The molecule has 4 aromatic rings. The van der Waals surface area contributed by atoms with Crippen LogP contribution in [0.4, 0.5) is 11.4 Å². The van der Waals surface area contributed by atoms with Gasteiger partial charge >= 0.3 is 0 Å². The first-order chi connectivity index (χ1) is 28.3. The number of aryl methyl sites for hydroxylation is 1. The highest BCUT2D eigenvalue weighted by Gasteiger charge is 2.51. The zero-order chi connectivity index (χ0) is 39.1. The maximum Gasteiger partial charge on any atom is 0.255 e. The number of nitrogens with zero attached hydrogens (tertiary/aromatic N) is 3. The van der Waals surface area contributed by atoms with Crippen LogP contribution in [-0.2, 0) is 27.3 Å². The number of nitrogens with one attached hydrogen (secondary N) is 1. The van der Waals surface area contributed by atoms with E-state index in [1.807, 2.05) is 24.3 Å². The van der Waals surface area contributed by atoms with Crippen LogP contribution in [0.1, 0.15) is 95.0 Å². The zero-order valence-corrected chi connectivity index (χ0v) is 32.8. The number of aromatic hydroxyl groups is 1. The standard InChI is InChI=1S/C48H50N4O6/c53-36-11-13-38-33(22-36)8-12-37(31-4-2-1-3-5-31)44(38)32-6-9-34(10-7-32)50-27-48(28-50)23-30(25-58-48)20-29-18-19-51-35(21-29)26-57-45-40-24-52(42-16-17-43(54)49-46(42)55)47(56)39(40)14-15-41(45)51/h1-7,9-11,13-15,22,29-30,35,37,42,44,53H,8,12,16-21,23-28H2,(H,49,54,55)/t29?,30?,35-,37-,42?,44+/m1/s1. The normalized spacial score (nSPS) is 28.3. The minimum Gasteiger partial charge on any atom is -0.508 e. The molecule has 3 unspecified atom stereocenters. The molecule has 3 amide bonds. The number of carbonyl (C=O) groups excluding carboxylic acids is 3. The Morgan fingerprint density at radius 1 is 0.828 bits per heavy atom. The number of phenolic OH excluding ortho intramolecular Hbond substituents is 1. The predicted molar refractivity (Wildman–Crippen MR) is 219 cm³/mol. The summed E-state index contributed by atoms with van der Waals surface area (Å²) >= 11 is 0. The second-order valence-corrected chi connectivity index (χ2v) is 18.1. The number of ether oxygens (including phenoxy) is 2. The van der Waals surface area contributed by atoms with Gasteiger partial charge in [-0.05, 0) is 121 Å². The summed E-state index contributed by atoms with van der Waals surface area (Å²) in [6.07, 6.45) is 7.11. The van der Waals surface area contributed by atoms with E-state index in [0.717, 1.165) is 75.3 Å². The van der Waals surface area contributed by atoms with Crippen molar-refractivity contribution in [1.29, 1.82) is 0 Å². The van der Waals surface area contributed by atoms with Gasteiger partial charge in [-0.2, -0.15) is 0 Å². The Kier molecular flexibility index (Phi) is 8.57. The van der Waals surface area contributed by atoms with E-state index in [4.69, 9.17) is 9.47 Å². The molecule has 10 nitrogen and oxygen atoms in total. The maximum atomic E-state index is 13.4. The molecule has 10 heteroatoms. The second kappa shape index (κ2) is 13.9. The first-order valence-corrected chi connectivity index (χ1v) is 21.3. The van der Waals surface area contributed by atoms with Gasteiger partial charge in [0.15, 0.2) is 0 Å². The summed E-state index contributed by atoms with van der Waals surface area (Å²) in [4.78, 5) is 44.3. The summed E-state index contributed by atoms with van der Waals surface area (Å²) in [5.74, 6) is 2.10. The lowest BCUT2D eigenvalue weighted by Crippen LogP contribution is -2.61. The summed E-state index contributed by atoms with van der Waals surface area (Å²) < 4.78 is 13.1. The second-order valence-electron chi connectivity index (χ2n) is 18.1. The van der Waals surface area contributed by atoms with E-state index < -0.39 is 11.9 Å². The molecule has 0 aromatic heterocycles. The van der Waals surface area contributed by atoms with Gasteiger partial charge in [0.1, 0.15) is 29.7 Å². The van der Waals surface area contributed by atoms with E-state index in [-0.39, 0.29) is 29.8 Å². The van der Waals surface area contributed by atoms with Gasteiger partial charge in [0.25, 0.3) is 5.91 Å². The fourth-order valence-electron chi connectivity index (χ4n) is 11.8. The fraction of sp³-hybridized carbons (Fsp3) is 0.438. The van der Waals surface area contributed by atoms with Crippen LogP contribution in [0.5, 0.6) is 11.5 Å². The van der Waals surface area contributed by atoms with Crippen LogP contribution in [0.2, 0.25) is 0 Å². The van der Waals surface area contributed by atoms with Gasteiger partial charge in [-0.3, -0.25) is 19.7 Å². The Balaban J connectivity index is 0.708. The fourth-order valence-corrected chi connectivity index (χ4v) is 11.8. The molecule has 7 aliphatic rings. The van der Waals surface area contributed by atoms with E-state index in [0.29, 0.717) is 54.7 Å². The van der Waals surface area contributed by atoms with Gasteiger partial charge in [0, 0.05) is 48.8 Å². The molecule has 0 bridgehead atoms. The lowest BCUT2D eigenvalue weighted by Gasteiger charge is -2.49. The molecule has 6 aliphatic heterocycles. The van der Waals surface area contributed by atoms with E-state index in [9.17, 15) is 19.5 Å². The van der Waals surface area contributed by atoms with Crippen molar-refractivity contribution in [2.75, 3.05) is 42.6 Å². The molecule has 0 saturated carbocycles. The number of fused-ring (bicyclic) bond motifs is 6. The van der Waals surface area contributed by atoms with Crippen molar-refractivity contribution < 1.29 is 29.0 Å². The molecule has 11 rings (SSSR count). The molecule has 4 aromatic carbocycles. The number of rotatable bonds is 6. The number of piperidine rings is 2. The number of imide groups is 1. The van der Waals surface area contributed by atoms with E-state index >= 15 is 0 Å². The molecule has 0 radical (unpaired) electrons. The van der Waals surface area contributed by atoms with Crippen molar-refractivity contribution in [2.45, 2.75) is 87.4 Å². The van der Waals surface area contributed by atoms with Crippen LogP contribution < -0.4 is 19.9 Å². The molecule has 58 heavy (non-hydrogen) atoms. The van der Waals surface area contributed by atoms with Gasteiger partial charge < -0.3 is 29.3 Å². The minimum atomic E-state index is -0.634. The van der Waals surface area contributed by atoms with E-state index in [2.05, 4.69) is 75.8 Å². The molecule has 6 heterocycles. The Bertz CT molecular complexity index is 2290. The zero-order valence-electron chi connectivity index (χ0n) is 32.8. The predicted octanol–water partition coefficient (Wildman–Crippen LogP) is 6.68. The van der Waals surface area contributed by atoms with Crippen molar-refractivity contribution >= 4 is 29.1 Å². The summed E-state index contributed by atoms with van der Waals surface area (Å²) in [5.41, 5.74) is 8.99. The largest absolute Gasteiger partial charge is 0.508 e. The number of hydrogen-bond acceptors (Lipinski definition) is 8. The number of hydrogen-bond donors (Lipinski definition) is 2. The van der Waals surface area contributed by atoms with Gasteiger partial charge in [0.2, 0.25) is 11.8 Å². The quantitative estimate of drug-likeness (QED) is 0.209. The van der Waals surface area contributed by atoms with Crippen molar-refractivity contribution in [3.8, 4) is 11.5 Å². The lowest BCUT2D eigenvalue weighted by molar-refractivity contribution is -0.136. The number of amides is 3. The van der Waals surface area contributed by atoms with Crippen molar-refractivity contribution in [1.82, 2.24) is 10.2 Å². The Labute approximate surface area is 339 Å². The topological polar surface area (TPSA) is 112 Å². The first kappa shape index (κ1) is 35.8. The average molecular weight is 779 g/mol. The lowest BCUT2D eigenvalue weighted by atomic mass is 9.69. The van der Waals surface area contributed by atoms with Crippen LogP contribution in [0.15, 0.2) is 84.9 Å². The third-order valence-electron chi connectivity index (χ3n) is 14.5. The van der Waals surface area contributed by atoms with Gasteiger partial charge in [-0.25, -0.2) is 0 Å². The maximum absolute atomic E-state index is 13.4. The van der Waals surface area contributed by atoms with Gasteiger partial charge in [-0.15, -0.1) is 0 Å². The summed E-state index contributed by atoms with van der Waals surface area (Å²) in [6, 6.07) is 29.6. The summed E-state index contributed by atoms with van der Waals surface area (Å²) in [7, 11) is 0. The molecule has 4 saturated heterocycles. The molecular formula is C48H50N4O6. The van der Waals surface area contributed by atoms with Crippen LogP contribution in [0.25, 0.3) is 0 Å². The number of benzene rings is 4. The summed E-state index contributed by atoms with van der Waals surface area (Å²) in [5, 5.41) is 12.6. The molecule has 2 N–H and O–H groups in total. The monoisotopic (exact) mass is 778 g/mol. The highest BCUT2D eigenvalue weighted by Crippen LogP contribution is 2.50. The number of carbonyl (C=O) groups is 3. The highest BCUT2D eigenvalue weighted by molar-refractivity contribution is 6.06. The van der Waals surface area contributed by atoms with Crippen LogP contribution >= 0.6 is 0 Å². The van der Waals surface area contributed by atoms with Gasteiger partial charge in [-0.1, -0.05) is 48.5 Å². The number of phenols is 1. The highest BCUT2D eigenvalue weighted by atomic mass is 16.5. The van der Waals surface area contributed by atoms with Crippen LogP contribution in [-0.4, -0.2) is 78.3 Å². The smallest absolute Gasteiger partial charge is 0.255 e. The first-order valence-electron chi connectivity index (χ1n) is 21.3. The Morgan fingerprint density at radius 2 is 1.67 bits per heavy atom. The molecule has 298 valence electrons. The SMILES string of the molecule is O=C1CCC(N2Cc3c(ccc4c3OC[C@H]3CC(CC5COC6(C5)CN(c5ccc([C@@H]7c8ccc(O)cc8CC[C@@H]7c7ccccc7)cc5)C6)CCN43)C2=O)C(=O)N1. The molecule has 4 fully saturated rings. The molecule has 1 spiro atoms. The van der Waals surface area contributed by atoms with Crippen molar-refractivity contribution in [2.24, 2.45) is 11.8 Å². The third kappa shape index (κ3) is 6.05. The van der Waals surface area contributed by atoms with Crippen LogP contribution in [0, 0.1) is 11.8 Å². The average Bonchev–Trinajstić information content (AvgIpc) is 3.81. The summed E-state index contributed by atoms with van der Waals surface area (Å²) in [6.45, 7) is 4.57. The molecule has 1 aliphatic carbocycles. The van der Waals surface area contributed by atoms with Crippen molar-refractivity contribution in [3.05, 3.63) is 118 Å².